The normalized spacial score (nSPS) is 14.1. The number of amides is 2. The van der Waals surface area contributed by atoms with Gasteiger partial charge in [-0.25, -0.2) is 9.59 Å². The molecular weight excluding hydrogens is 292 g/mol. The van der Waals surface area contributed by atoms with Crippen molar-refractivity contribution in [1.82, 2.24) is 4.90 Å². The Morgan fingerprint density at radius 3 is 2.57 bits per heavy atom. The molecule has 0 saturated heterocycles. The van der Waals surface area contributed by atoms with Crippen LogP contribution in [-0.4, -0.2) is 34.6 Å². The Morgan fingerprint density at radius 2 is 2.10 bits per heavy atom. The van der Waals surface area contributed by atoms with E-state index in [2.05, 4.69) is 5.32 Å². The second-order valence-corrected chi connectivity index (χ2v) is 6.03. The highest BCUT2D eigenvalue weighted by Crippen LogP contribution is 2.30. The first-order valence-electron chi connectivity index (χ1n) is 6.99. The summed E-state index contributed by atoms with van der Waals surface area (Å²) >= 11 is 5.90. The van der Waals surface area contributed by atoms with Crippen molar-refractivity contribution < 1.29 is 14.7 Å². The largest absolute Gasteiger partial charge is 0.478 e. The molecule has 1 aliphatic rings. The quantitative estimate of drug-likeness (QED) is 0.871. The van der Waals surface area contributed by atoms with Crippen LogP contribution in [0.1, 0.15) is 37.0 Å². The van der Waals surface area contributed by atoms with Crippen molar-refractivity contribution in [3.63, 3.8) is 0 Å². The molecular formula is C15H19ClN2O3. The Hall–Kier alpha value is -1.75. The van der Waals surface area contributed by atoms with Crippen LogP contribution in [0.2, 0.25) is 5.02 Å². The fraction of sp³-hybridized carbons (Fsp3) is 0.467. The van der Waals surface area contributed by atoms with Gasteiger partial charge in [0, 0.05) is 18.3 Å². The molecule has 1 saturated carbocycles. The summed E-state index contributed by atoms with van der Waals surface area (Å²) in [6.45, 7) is 4.70. The lowest BCUT2D eigenvalue weighted by Crippen LogP contribution is -2.41. The van der Waals surface area contributed by atoms with Gasteiger partial charge >= 0.3 is 12.0 Å². The van der Waals surface area contributed by atoms with Gasteiger partial charge in [-0.1, -0.05) is 11.6 Å². The molecule has 6 heteroatoms. The summed E-state index contributed by atoms with van der Waals surface area (Å²) in [6, 6.07) is 4.32. The van der Waals surface area contributed by atoms with Crippen molar-refractivity contribution in [3.05, 3.63) is 28.8 Å². The zero-order chi connectivity index (χ0) is 15.6. The highest BCUT2D eigenvalue weighted by molar-refractivity contribution is 6.33. The molecule has 1 fully saturated rings. The standard InChI is InChI=1S/C15H19ClN2O3/c1-9(2)18(8-10-3-4-10)15(21)17-11-5-6-12(14(19)20)13(16)7-11/h5-7,9-10H,3-4,8H2,1-2H3,(H,17,21)(H,19,20). The van der Waals surface area contributed by atoms with E-state index in [-0.39, 0.29) is 22.7 Å². The minimum Gasteiger partial charge on any atom is -0.478 e. The van der Waals surface area contributed by atoms with Crippen molar-refractivity contribution in [1.29, 1.82) is 0 Å². The van der Waals surface area contributed by atoms with Gasteiger partial charge in [0.1, 0.15) is 0 Å². The van der Waals surface area contributed by atoms with E-state index in [0.717, 1.165) is 6.54 Å². The van der Waals surface area contributed by atoms with E-state index in [0.29, 0.717) is 11.6 Å². The number of urea groups is 1. The zero-order valence-corrected chi connectivity index (χ0v) is 12.9. The molecule has 0 bridgehead atoms. The number of benzene rings is 1. The number of aromatic carboxylic acids is 1. The SMILES string of the molecule is CC(C)N(CC1CC1)C(=O)Nc1ccc(C(=O)O)c(Cl)c1. The van der Waals surface area contributed by atoms with E-state index < -0.39 is 5.97 Å². The second kappa shape index (κ2) is 6.35. The molecule has 1 aromatic carbocycles. The molecule has 0 unspecified atom stereocenters. The third-order valence-corrected chi connectivity index (χ3v) is 3.80. The predicted octanol–water partition coefficient (Wildman–Crippen LogP) is 3.69. The molecule has 0 aliphatic heterocycles. The number of hydrogen-bond acceptors (Lipinski definition) is 2. The summed E-state index contributed by atoms with van der Waals surface area (Å²) in [4.78, 5) is 25.0. The lowest BCUT2D eigenvalue weighted by Gasteiger charge is -2.27. The third kappa shape index (κ3) is 4.11. The first kappa shape index (κ1) is 15.6. The Labute approximate surface area is 128 Å². The molecule has 114 valence electrons. The molecule has 5 nitrogen and oxygen atoms in total. The Morgan fingerprint density at radius 1 is 1.43 bits per heavy atom. The average Bonchev–Trinajstić information content (AvgIpc) is 3.18. The van der Waals surface area contributed by atoms with Crippen molar-refractivity contribution in [2.24, 2.45) is 5.92 Å². The number of nitrogens with zero attached hydrogens (tertiary/aromatic N) is 1. The number of halogens is 1. The molecule has 2 N–H and O–H groups in total. The Bertz CT molecular complexity index is 556. The van der Waals surface area contributed by atoms with Crippen LogP contribution < -0.4 is 5.32 Å². The highest BCUT2D eigenvalue weighted by atomic mass is 35.5. The molecule has 0 radical (unpaired) electrons. The number of carboxylic acids is 1. The highest BCUT2D eigenvalue weighted by Gasteiger charge is 2.28. The van der Waals surface area contributed by atoms with Gasteiger partial charge in [0.15, 0.2) is 0 Å². The van der Waals surface area contributed by atoms with E-state index >= 15 is 0 Å². The van der Waals surface area contributed by atoms with E-state index in [1.807, 2.05) is 13.8 Å². The molecule has 0 heterocycles. The molecule has 0 aromatic heterocycles. The van der Waals surface area contributed by atoms with Gasteiger partial charge in [-0.3, -0.25) is 0 Å². The summed E-state index contributed by atoms with van der Waals surface area (Å²) in [5, 5.41) is 11.8. The van der Waals surface area contributed by atoms with Crippen molar-refractivity contribution in [2.75, 3.05) is 11.9 Å². The number of nitrogens with one attached hydrogen (secondary N) is 1. The lowest BCUT2D eigenvalue weighted by molar-refractivity contribution is 0.0697. The number of carboxylic acid groups (broad SMARTS) is 1. The van der Waals surface area contributed by atoms with Crippen molar-refractivity contribution in [3.8, 4) is 0 Å². The van der Waals surface area contributed by atoms with E-state index in [1.165, 1.54) is 25.0 Å². The smallest absolute Gasteiger partial charge is 0.337 e. The van der Waals surface area contributed by atoms with E-state index in [4.69, 9.17) is 16.7 Å². The predicted molar refractivity (Wildman–Crippen MR) is 82.0 cm³/mol. The van der Waals surface area contributed by atoms with Crippen molar-refractivity contribution >= 4 is 29.3 Å². The first-order valence-corrected chi connectivity index (χ1v) is 7.36. The summed E-state index contributed by atoms with van der Waals surface area (Å²) < 4.78 is 0. The maximum Gasteiger partial charge on any atom is 0.337 e. The van der Waals surface area contributed by atoms with Gasteiger partial charge in [-0.05, 0) is 50.8 Å². The maximum atomic E-state index is 12.3. The van der Waals surface area contributed by atoms with Crippen LogP contribution in [-0.2, 0) is 0 Å². The maximum absolute atomic E-state index is 12.3. The molecule has 2 amide bonds. The number of hydrogen-bond donors (Lipinski definition) is 2. The third-order valence-electron chi connectivity index (χ3n) is 3.49. The van der Waals surface area contributed by atoms with Gasteiger partial charge < -0.3 is 15.3 Å². The lowest BCUT2D eigenvalue weighted by atomic mass is 10.2. The van der Waals surface area contributed by atoms with Crippen LogP contribution in [0.4, 0.5) is 10.5 Å². The van der Waals surface area contributed by atoms with Gasteiger partial charge in [0.05, 0.1) is 10.6 Å². The van der Waals surface area contributed by atoms with E-state index in [9.17, 15) is 9.59 Å². The molecule has 21 heavy (non-hydrogen) atoms. The minimum absolute atomic E-state index is 0.0216. The Balaban J connectivity index is 2.06. The van der Waals surface area contributed by atoms with Crippen molar-refractivity contribution in [2.45, 2.75) is 32.7 Å². The fourth-order valence-corrected chi connectivity index (χ4v) is 2.33. The van der Waals surface area contributed by atoms with Crippen LogP contribution in [0, 0.1) is 5.92 Å². The fourth-order valence-electron chi connectivity index (χ4n) is 2.07. The monoisotopic (exact) mass is 310 g/mol. The minimum atomic E-state index is -1.09. The number of carbonyl (C=O) groups is 2. The molecule has 0 spiro atoms. The molecule has 1 aliphatic carbocycles. The zero-order valence-electron chi connectivity index (χ0n) is 12.1. The molecule has 1 aromatic rings. The number of rotatable bonds is 5. The molecule has 2 rings (SSSR count). The van der Waals surface area contributed by atoms with Gasteiger partial charge in [-0.2, -0.15) is 0 Å². The topological polar surface area (TPSA) is 69.6 Å². The average molecular weight is 311 g/mol. The van der Waals surface area contributed by atoms with Crippen LogP contribution in [0.5, 0.6) is 0 Å². The number of anilines is 1. The summed E-state index contributed by atoms with van der Waals surface area (Å²) in [5.41, 5.74) is 0.518. The molecule has 0 atom stereocenters. The van der Waals surface area contributed by atoms with Crippen LogP contribution >= 0.6 is 11.6 Å². The number of carbonyl (C=O) groups excluding carboxylic acids is 1. The van der Waals surface area contributed by atoms with E-state index in [1.54, 1.807) is 11.0 Å². The second-order valence-electron chi connectivity index (χ2n) is 5.62. The summed E-state index contributed by atoms with van der Waals surface area (Å²) in [5.74, 6) is -0.480. The summed E-state index contributed by atoms with van der Waals surface area (Å²) in [6.07, 6.45) is 2.35. The van der Waals surface area contributed by atoms with Gasteiger partial charge in [0.25, 0.3) is 0 Å². The summed E-state index contributed by atoms with van der Waals surface area (Å²) in [7, 11) is 0. The van der Waals surface area contributed by atoms with Crippen LogP contribution in [0.25, 0.3) is 0 Å². The van der Waals surface area contributed by atoms with Crippen LogP contribution in [0.3, 0.4) is 0 Å². The Kier molecular flexibility index (Phi) is 4.73. The van der Waals surface area contributed by atoms with Gasteiger partial charge in [-0.15, -0.1) is 0 Å². The first-order chi connectivity index (χ1) is 9.88. The van der Waals surface area contributed by atoms with Gasteiger partial charge in [0.2, 0.25) is 0 Å². The van der Waals surface area contributed by atoms with Crippen LogP contribution in [0.15, 0.2) is 18.2 Å².